The second-order valence-electron chi connectivity index (χ2n) is 7.05. The number of ether oxygens (including phenoxy) is 1. The third-order valence-electron chi connectivity index (χ3n) is 5.26. The van der Waals surface area contributed by atoms with Crippen molar-refractivity contribution in [3.63, 3.8) is 0 Å². The molecule has 1 heterocycles. The van der Waals surface area contributed by atoms with Gasteiger partial charge in [-0.25, -0.2) is 4.98 Å². The van der Waals surface area contributed by atoms with Crippen molar-refractivity contribution in [3.8, 4) is 22.8 Å². The van der Waals surface area contributed by atoms with Crippen LogP contribution >= 0.6 is 0 Å². The van der Waals surface area contributed by atoms with Gasteiger partial charge in [-0.05, 0) is 56.2 Å². The Bertz CT molecular complexity index is 956. The molecule has 0 amide bonds. The number of benzene rings is 2. The third kappa shape index (κ3) is 4.82. The molecule has 1 atom stereocenters. The van der Waals surface area contributed by atoms with Crippen LogP contribution in [0.1, 0.15) is 38.8 Å². The first-order valence-electron chi connectivity index (χ1n) is 10.4. The molecule has 2 aromatic carbocycles. The minimum absolute atomic E-state index is 0.0997. The molecule has 0 saturated heterocycles. The number of nitrogens with zero attached hydrogens (tertiary/aromatic N) is 3. The Kier molecular flexibility index (Phi) is 7.12. The number of nitrogens with one attached hydrogen (secondary N) is 1. The molecule has 0 fully saturated rings. The first-order chi connectivity index (χ1) is 14.6. The molecule has 0 bridgehead atoms. The van der Waals surface area contributed by atoms with Gasteiger partial charge < -0.3 is 20.1 Å². The number of aromatic nitrogens is 2. The zero-order chi connectivity index (χ0) is 21.5. The van der Waals surface area contributed by atoms with Crippen LogP contribution in [0.4, 0.5) is 11.5 Å². The predicted octanol–water partition coefficient (Wildman–Crippen LogP) is 5.27. The Morgan fingerprint density at radius 2 is 1.77 bits per heavy atom. The summed E-state index contributed by atoms with van der Waals surface area (Å²) in [7, 11) is 1.53. The van der Waals surface area contributed by atoms with Crippen LogP contribution in [0.2, 0.25) is 0 Å². The van der Waals surface area contributed by atoms with Gasteiger partial charge in [0, 0.05) is 24.3 Å². The van der Waals surface area contributed by atoms with E-state index in [1.54, 1.807) is 30.6 Å². The standard InChI is InChI=1S/C24H30N4O2/c1-5-20(17-8-11-19(12-9-17)28(6-2)7-3)26-24-16-25-15-21(27-24)18-10-13-22(29)23(14-18)30-4/h8-16,20,29H,5-7H2,1-4H3,(H,26,27). The number of methoxy groups -OCH3 is 1. The molecule has 0 spiro atoms. The van der Waals surface area contributed by atoms with Crippen molar-refractivity contribution in [2.45, 2.75) is 33.2 Å². The monoisotopic (exact) mass is 406 g/mol. The molecule has 30 heavy (non-hydrogen) atoms. The fraction of sp³-hybridized carbons (Fsp3) is 0.333. The summed E-state index contributed by atoms with van der Waals surface area (Å²) in [6.45, 7) is 8.48. The molecule has 0 aliphatic carbocycles. The van der Waals surface area contributed by atoms with Crippen molar-refractivity contribution in [2.75, 3.05) is 30.4 Å². The van der Waals surface area contributed by atoms with E-state index in [0.717, 1.165) is 25.1 Å². The van der Waals surface area contributed by atoms with Crippen molar-refractivity contribution in [3.05, 3.63) is 60.4 Å². The lowest BCUT2D eigenvalue weighted by Crippen LogP contribution is -2.21. The summed E-state index contributed by atoms with van der Waals surface area (Å²) >= 11 is 0. The molecule has 6 nitrogen and oxygen atoms in total. The lowest BCUT2D eigenvalue weighted by Gasteiger charge is -2.23. The number of aromatic hydroxyl groups is 1. The first kappa shape index (κ1) is 21.4. The molecular formula is C24H30N4O2. The van der Waals surface area contributed by atoms with E-state index in [-0.39, 0.29) is 11.8 Å². The molecule has 1 unspecified atom stereocenters. The number of phenolic OH excluding ortho intramolecular Hbond substituents is 1. The highest BCUT2D eigenvalue weighted by Crippen LogP contribution is 2.31. The Hall–Kier alpha value is -3.28. The summed E-state index contributed by atoms with van der Waals surface area (Å²) in [5.41, 5.74) is 4.00. The zero-order valence-corrected chi connectivity index (χ0v) is 18.1. The van der Waals surface area contributed by atoms with Crippen LogP contribution in [0, 0.1) is 0 Å². The largest absolute Gasteiger partial charge is 0.504 e. The van der Waals surface area contributed by atoms with Crippen LogP contribution in [0.3, 0.4) is 0 Å². The van der Waals surface area contributed by atoms with Crippen LogP contribution in [-0.4, -0.2) is 35.3 Å². The molecule has 0 saturated carbocycles. The summed E-state index contributed by atoms with van der Waals surface area (Å²) in [4.78, 5) is 11.4. The van der Waals surface area contributed by atoms with Gasteiger partial charge in [-0.3, -0.25) is 4.98 Å². The van der Waals surface area contributed by atoms with Crippen LogP contribution in [0.25, 0.3) is 11.3 Å². The van der Waals surface area contributed by atoms with E-state index < -0.39 is 0 Å². The number of hydrogen-bond donors (Lipinski definition) is 2. The Labute approximate surface area is 178 Å². The second kappa shape index (κ2) is 9.96. The van der Waals surface area contributed by atoms with Gasteiger partial charge >= 0.3 is 0 Å². The van der Waals surface area contributed by atoms with Crippen molar-refractivity contribution in [1.82, 2.24) is 9.97 Å². The minimum Gasteiger partial charge on any atom is -0.504 e. The number of anilines is 2. The number of rotatable bonds is 9. The maximum absolute atomic E-state index is 9.82. The highest BCUT2D eigenvalue weighted by Gasteiger charge is 2.13. The Morgan fingerprint density at radius 3 is 2.40 bits per heavy atom. The van der Waals surface area contributed by atoms with Crippen molar-refractivity contribution in [2.24, 2.45) is 0 Å². The highest BCUT2D eigenvalue weighted by molar-refractivity contribution is 5.64. The smallest absolute Gasteiger partial charge is 0.161 e. The highest BCUT2D eigenvalue weighted by atomic mass is 16.5. The van der Waals surface area contributed by atoms with Crippen LogP contribution < -0.4 is 15.0 Å². The normalized spacial score (nSPS) is 11.7. The van der Waals surface area contributed by atoms with Crippen molar-refractivity contribution in [1.29, 1.82) is 0 Å². The lowest BCUT2D eigenvalue weighted by atomic mass is 10.0. The average Bonchev–Trinajstić information content (AvgIpc) is 2.79. The predicted molar refractivity (Wildman–Crippen MR) is 122 cm³/mol. The molecule has 2 N–H and O–H groups in total. The summed E-state index contributed by atoms with van der Waals surface area (Å²) in [6.07, 6.45) is 4.36. The number of hydrogen-bond acceptors (Lipinski definition) is 6. The van der Waals surface area contributed by atoms with Crippen LogP contribution in [0.15, 0.2) is 54.9 Å². The van der Waals surface area contributed by atoms with E-state index in [9.17, 15) is 5.11 Å². The molecule has 3 rings (SSSR count). The van der Waals surface area contributed by atoms with Gasteiger partial charge in [0.25, 0.3) is 0 Å². The summed E-state index contributed by atoms with van der Waals surface area (Å²) in [6, 6.07) is 14.0. The van der Waals surface area contributed by atoms with Gasteiger partial charge in [-0.1, -0.05) is 19.1 Å². The van der Waals surface area contributed by atoms with E-state index >= 15 is 0 Å². The third-order valence-corrected chi connectivity index (χ3v) is 5.26. The van der Waals surface area contributed by atoms with E-state index in [1.807, 2.05) is 0 Å². The van der Waals surface area contributed by atoms with Gasteiger partial charge in [0.2, 0.25) is 0 Å². The maximum Gasteiger partial charge on any atom is 0.161 e. The Morgan fingerprint density at radius 1 is 1.03 bits per heavy atom. The molecule has 0 aliphatic heterocycles. The van der Waals surface area contributed by atoms with Gasteiger partial charge in [0.1, 0.15) is 5.82 Å². The molecule has 3 aromatic rings. The van der Waals surface area contributed by atoms with E-state index in [0.29, 0.717) is 17.3 Å². The fourth-order valence-corrected chi connectivity index (χ4v) is 3.52. The average molecular weight is 407 g/mol. The fourth-order valence-electron chi connectivity index (χ4n) is 3.52. The molecular weight excluding hydrogens is 376 g/mol. The zero-order valence-electron chi connectivity index (χ0n) is 18.1. The molecule has 0 radical (unpaired) electrons. The SMILES string of the molecule is CCC(Nc1cncc(-c2ccc(O)c(OC)c2)n1)c1ccc(N(CC)CC)cc1. The quantitative estimate of drug-likeness (QED) is 0.505. The molecule has 6 heteroatoms. The second-order valence-corrected chi connectivity index (χ2v) is 7.05. The van der Waals surface area contributed by atoms with Crippen molar-refractivity contribution < 1.29 is 9.84 Å². The summed E-state index contributed by atoms with van der Waals surface area (Å²) in [5.74, 6) is 1.22. The van der Waals surface area contributed by atoms with E-state index in [4.69, 9.17) is 9.72 Å². The van der Waals surface area contributed by atoms with Gasteiger partial charge in [-0.15, -0.1) is 0 Å². The summed E-state index contributed by atoms with van der Waals surface area (Å²) < 4.78 is 5.20. The summed E-state index contributed by atoms with van der Waals surface area (Å²) in [5, 5.41) is 13.3. The minimum atomic E-state index is 0.0997. The van der Waals surface area contributed by atoms with Crippen molar-refractivity contribution >= 4 is 11.5 Å². The first-order valence-corrected chi connectivity index (χ1v) is 10.4. The van der Waals surface area contributed by atoms with Gasteiger partial charge in [0.15, 0.2) is 11.5 Å². The topological polar surface area (TPSA) is 70.5 Å². The van der Waals surface area contributed by atoms with E-state index in [1.165, 1.54) is 18.4 Å². The number of phenols is 1. The lowest BCUT2D eigenvalue weighted by molar-refractivity contribution is 0.373. The van der Waals surface area contributed by atoms with Crippen LogP contribution in [-0.2, 0) is 0 Å². The molecule has 1 aromatic heterocycles. The maximum atomic E-state index is 9.82. The Balaban J connectivity index is 1.80. The molecule has 158 valence electrons. The van der Waals surface area contributed by atoms with Crippen LogP contribution in [0.5, 0.6) is 11.5 Å². The van der Waals surface area contributed by atoms with Gasteiger partial charge in [0.05, 0.1) is 31.2 Å². The van der Waals surface area contributed by atoms with Gasteiger partial charge in [-0.2, -0.15) is 0 Å². The molecule has 0 aliphatic rings. The van der Waals surface area contributed by atoms with E-state index in [2.05, 4.69) is 60.2 Å².